The lowest BCUT2D eigenvalue weighted by Gasteiger charge is -2.17. The van der Waals surface area contributed by atoms with E-state index in [-0.39, 0.29) is 17.1 Å². The number of nitrogens with one attached hydrogen (secondary N) is 1. The number of fused-ring (bicyclic) bond motifs is 1. The summed E-state index contributed by atoms with van der Waals surface area (Å²) in [4.78, 5) is 26.5. The second-order valence-electron chi connectivity index (χ2n) is 3.20. The standard InChI is InChI=1S/C8H11N5O4/c1-3-17-12(2)8-11-5-4(6(14)13(8)16)9-7(15)10-5/h16H,3H2,1-2H3,(H2,9,10,15). The number of nitrogens with zero attached hydrogens (tertiary/aromatic N) is 4. The molecule has 0 aliphatic carbocycles. The first-order valence-electron chi connectivity index (χ1n) is 4.82. The Labute approximate surface area is 94.8 Å². The number of aromatic nitrogens is 4. The van der Waals surface area contributed by atoms with Crippen molar-refractivity contribution in [2.45, 2.75) is 6.92 Å². The summed E-state index contributed by atoms with van der Waals surface area (Å²) in [5.41, 5.74) is -0.859. The lowest BCUT2D eigenvalue weighted by Crippen LogP contribution is -2.29. The average Bonchev–Trinajstić information content (AvgIpc) is 2.65. The maximum atomic E-state index is 11.7. The highest BCUT2D eigenvalue weighted by molar-refractivity contribution is 5.71. The molecule has 17 heavy (non-hydrogen) atoms. The van der Waals surface area contributed by atoms with Gasteiger partial charge in [-0.2, -0.15) is 9.97 Å². The summed E-state index contributed by atoms with van der Waals surface area (Å²) in [7, 11) is 1.48. The molecule has 0 unspecified atom stereocenters. The van der Waals surface area contributed by atoms with Gasteiger partial charge in [0.25, 0.3) is 12.0 Å². The van der Waals surface area contributed by atoms with Crippen LogP contribution in [0.4, 0.5) is 5.95 Å². The zero-order valence-corrected chi connectivity index (χ0v) is 9.21. The summed E-state index contributed by atoms with van der Waals surface area (Å²) in [6, 6.07) is -0.444. The molecule has 0 spiro atoms. The maximum Gasteiger partial charge on any atom is 0.314 e. The largest absolute Gasteiger partial charge is 0.480 e. The molecule has 0 amide bonds. The van der Waals surface area contributed by atoms with E-state index in [1.165, 1.54) is 7.05 Å². The smallest absolute Gasteiger partial charge is 0.314 e. The molecule has 92 valence electrons. The van der Waals surface area contributed by atoms with Crippen molar-refractivity contribution in [3.8, 4) is 6.01 Å². The third kappa shape index (κ3) is 1.76. The van der Waals surface area contributed by atoms with E-state index in [0.29, 0.717) is 11.3 Å². The summed E-state index contributed by atoms with van der Waals surface area (Å²) in [6.45, 7) is 2.09. The topological polar surface area (TPSA) is 117 Å². The van der Waals surface area contributed by atoms with Crippen molar-refractivity contribution in [2.75, 3.05) is 18.7 Å². The highest BCUT2D eigenvalue weighted by Gasteiger charge is 2.17. The molecule has 0 saturated heterocycles. The Morgan fingerprint density at radius 1 is 1.53 bits per heavy atom. The Balaban J connectivity index is 2.65. The van der Waals surface area contributed by atoms with Crippen LogP contribution in [0.5, 0.6) is 6.01 Å². The van der Waals surface area contributed by atoms with Gasteiger partial charge in [-0.05, 0) is 6.92 Å². The Morgan fingerprint density at radius 2 is 2.24 bits per heavy atom. The summed E-state index contributed by atoms with van der Waals surface area (Å²) in [5, 5.41) is 19.8. The van der Waals surface area contributed by atoms with E-state index in [0.717, 1.165) is 5.06 Å². The van der Waals surface area contributed by atoms with Crippen LogP contribution >= 0.6 is 0 Å². The van der Waals surface area contributed by atoms with Crippen LogP contribution < -0.4 is 10.6 Å². The lowest BCUT2D eigenvalue weighted by molar-refractivity contribution is 0.104. The van der Waals surface area contributed by atoms with Crippen molar-refractivity contribution in [3.63, 3.8) is 0 Å². The van der Waals surface area contributed by atoms with E-state index >= 15 is 0 Å². The van der Waals surface area contributed by atoms with E-state index < -0.39 is 11.6 Å². The van der Waals surface area contributed by atoms with Gasteiger partial charge in [0.05, 0.1) is 6.61 Å². The third-order valence-corrected chi connectivity index (χ3v) is 2.08. The molecule has 9 nitrogen and oxygen atoms in total. The van der Waals surface area contributed by atoms with Crippen molar-refractivity contribution in [1.82, 2.24) is 19.7 Å². The van der Waals surface area contributed by atoms with Crippen LogP contribution in [0.25, 0.3) is 11.2 Å². The van der Waals surface area contributed by atoms with Crippen molar-refractivity contribution in [2.24, 2.45) is 0 Å². The minimum Gasteiger partial charge on any atom is -0.480 e. The van der Waals surface area contributed by atoms with Crippen molar-refractivity contribution < 1.29 is 15.2 Å². The predicted octanol–water partition coefficient (Wildman–Crippen LogP) is -0.550. The van der Waals surface area contributed by atoms with Crippen LogP contribution in [-0.2, 0) is 4.84 Å². The Hall–Kier alpha value is -2.29. The van der Waals surface area contributed by atoms with Crippen LogP contribution in [-0.4, -0.2) is 43.7 Å². The summed E-state index contributed by atoms with van der Waals surface area (Å²) in [5.74, 6) is -0.129. The van der Waals surface area contributed by atoms with Gasteiger partial charge in [0.1, 0.15) is 0 Å². The highest BCUT2D eigenvalue weighted by atomic mass is 16.7. The number of H-pyrrole nitrogens is 1. The number of aromatic amines is 1. The SMILES string of the molecule is CCON(C)c1nc2nc(O)[nH]c2c(=O)n1O. The molecule has 2 heterocycles. The molecule has 0 saturated carbocycles. The number of hydroxylamine groups is 1. The van der Waals surface area contributed by atoms with Crippen molar-refractivity contribution in [1.29, 1.82) is 0 Å². The van der Waals surface area contributed by atoms with Gasteiger partial charge in [0.15, 0.2) is 11.2 Å². The Bertz CT molecular complexity index is 604. The fourth-order valence-corrected chi connectivity index (χ4v) is 1.38. The molecular weight excluding hydrogens is 230 g/mol. The molecule has 2 rings (SSSR count). The summed E-state index contributed by atoms with van der Waals surface area (Å²) in [6.07, 6.45) is 0. The third-order valence-electron chi connectivity index (χ3n) is 2.08. The molecule has 2 aromatic heterocycles. The van der Waals surface area contributed by atoms with Crippen LogP contribution in [0.2, 0.25) is 0 Å². The first-order chi connectivity index (χ1) is 8.04. The van der Waals surface area contributed by atoms with Crippen LogP contribution in [0, 0.1) is 0 Å². The van der Waals surface area contributed by atoms with Gasteiger partial charge in [-0.25, -0.2) is 5.06 Å². The summed E-state index contributed by atoms with van der Waals surface area (Å²) < 4.78 is 0.315. The fraction of sp³-hybridized carbons (Fsp3) is 0.375. The zero-order valence-electron chi connectivity index (χ0n) is 9.21. The lowest BCUT2D eigenvalue weighted by atomic mass is 10.5. The molecule has 2 aromatic rings. The second kappa shape index (κ2) is 3.94. The van der Waals surface area contributed by atoms with Crippen molar-refractivity contribution >= 4 is 17.1 Å². The molecule has 0 aromatic carbocycles. The molecule has 0 radical (unpaired) electrons. The van der Waals surface area contributed by atoms with E-state index in [1.807, 2.05) is 0 Å². The Kier molecular flexibility index (Phi) is 2.60. The van der Waals surface area contributed by atoms with Gasteiger partial charge in [-0.3, -0.25) is 9.63 Å². The molecule has 0 aliphatic heterocycles. The van der Waals surface area contributed by atoms with E-state index in [2.05, 4.69) is 15.0 Å². The van der Waals surface area contributed by atoms with Crippen LogP contribution in [0.1, 0.15) is 6.92 Å². The van der Waals surface area contributed by atoms with Crippen LogP contribution in [0.3, 0.4) is 0 Å². The monoisotopic (exact) mass is 241 g/mol. The quantitative estimate of drug-likeness (QED) is 0.487. The number of hydrogen-bond donors (Lipinski definition) is 3. The molecule has 0 aliphatic rings. The number of aromatic hydroxyl groups is 1. The van der Waals surface area contributed by atoms with Gasteiger partial charge < -0.3 is 15.3 Å². The highest BCUT2D eigenvalue weighted by Crippen LogP contribution is 2.13. The van der Waals surface area contributed by atoms with E-state index in [4.69, 9.17) is 9.94 Å². The van der Waals surface area contributed by atoms with E-state index in [1.54, 1.807) is 6.92 Å². The molecule has 3 N–H and O–H groups in total. The fourth-order valence-electron chi connectivity index (χ4n) is 1.38. The zero-order chi connectivity index (χ0) is 12.6. The second-order valence-corrected chi connectivity index (χ2v) is 3.20. The van der Waals surface area contributed by atoms with Gasteiger partial charge in [-0.15, -0.1) is 4.73 Å². The van der Waals surface area contributed by atoms with Gasteiger partial charge >= 0.3 is 5.56 Å². The van der Waals surface area contributed by atoms with Crippen LogP contribution in [0.15, 0.2) is 4.79 Å². The molecule has 0 atom stereocenters. The van der Waals surface area contributed by atoms with Crippen molar-refractivity contribution in [3.05, 3.63) is 10.4 Å². The summed E-state index contributed by atoms with van der Waals surface area (Å²) >= 11 is 0. The molecular formula is C8H11N5O4. The predicted molar refractivity (Wildman–Crippen MR) is 57.0 cm³/mol. The first kappa shape index (κ1) is 11.2. The molecule has 9 heteroatoms. The minimum atomic E-state index is -0.774. The number of rotatable bonds is 3. The Morgan fingerprint density at radius 3 is 2.88 bits per heavy atom. The normalized spacial score (nSPS) is 10.9. The van der Waals surface area contributed by atoms with E-state index in [9.17, 15) is 10.0 Å². The van der Waals surface area contributed by atoms with Gasteiger partial charge in [0, 0.05) is 7.05 Å². The first-order valence-corrected chi connectivity index (χ1v) is 4.82. The number of anilines is 1. The molecule has 0 fully saturated rings. The average molecular weight is 241 g/mol. The van der Waals surface area contributed by atoms with Gasteiger partial charge in [-0.1, -0.05) is 0 Å². The minimum absolute atomic E-state index is 0.000599. The van der Waals surface area contributed by atoms with Gasteiger partial charge in [0.2, 0.25) is 0 Å². The maximum absolute atomic E-state index is 11.7. The number of hydrogen-bond acceptors (Lipinski definition) is 7. The number of imidazole rings is 1. The molecule has 0 bridgehead atoms.